The van der Waals surface area contributed by atoms with Crippen LogP contribution in [0.15, 0.2) is 53.4 Å². The number of carboxylic acid groups (broad SMARTS) is 1. The zero-order chi connectivity index (χ0) is 24.0. The van der Waals surface area contributed by atoms with Gasteiger partial charge in [-0.1, -0.05) is 29.8 Å². The Morgan fingerprint density at radius 1 is 1.24 bits per heavy atom. The second-order valence-electron chi connectivity index (χ2n) is 8.87. The Morgan fingerprint density at radius 3 is 2.79 bits per heavy atom. The molecule has 3 aromatic rings. The number of halogens is 1. The molecular formula is C24H27FN4O4S. The number of aromatic nitrogens is 1. The van der Waals surface area contributed by atoms with Gasteiger partial charge in [-0.15, -0.1) is 0 Å². The minimum Gasteiger partial charge on any atom is -0.480 e. The van der Waals surface area contributed by atoms with Gasteiger partial charge in [-0.25, -0.2) is 9.37 Å². The molecule has 1 fully saturated rings. The lowest BCUT2D eigenvalue weighted by Crippen LogP contribution is -2.39. The topological polar surface area (TPSA) is 118 Å². The number of carbonyl (C=O) groups is 1. The molecule has 1 saturated heterocycles. The molecule has 180 valence electrons. The molecule has 0 saturated carbocycles. The average molecular weight is 487 g/mol. The van der Waals surface area contributed by atoms with Crippen molar-refractivity contribution in [3.8, 4) is 0 Å². The van der Waals surface area contributed by atoms with Crippen molar-refractivity contribution in [3.05, 3.63) is 59.7 Å². The minimum atomic E-state index is -2.92. The van der Waals surface area contributed by atoms with E-state index < -0.39 is 34.8 Å². The summed E-state index contributed by atoms with van der Waals surface area (Å²) in [5, 5.41) is 16.0. The molecule has 8 nitrogen and oxygen atoms in total. The van der Waals surface area contributed by atoms with E-state index in [-0.39, 0.29) is 12.3 Å². The van der Waals surface area contributed by atoms with Gasteiger partial charge in [0.25, 0.3) is 0 Å². The molecule has 3 heterocycles. The fourth-order valence-corrected chi connectivity index (χ4v) is 6.20. The van der Waals surface area contributed by atoms with Crippen molar-refractivity contribution in [1.29, 1.82) is 0 Å². The van der Waals surface area contributed by atoms with E-state index in [1.807, 2.05) is 48.2 Å². The van der Waals surface area contributed by atoms with Gasteiger partial charge in [-0.3, -0.25) is 19.2 Å². The molecule has 0 bridgehead atoms. The van der Waals surface area contributed by atoms with E-state index >= 15 is 0 Å². The Bertz CT molecular complexity index is 1260. The summed E-state index contributed by atoms with van der Waals surface area (Å²) in [4.78, 5) is 18.7. The molecule has 0 aliphatic carbocycles. The van der Waals surface area contributed by atoms with Crippen LogP contribution in [0, 0.1) is 6.92 Å². The van der Waals surface area contributed by atoms with Crippen LogP contribution in [-0.2, 0) is 11.3 Å². The summed E-state index contributed by atoms with van der Waals surface area (Å²) in [6.07, 6.45) is -1.59. The number of benzene rings is 2. The quantitative estimate of drug-likeness (QED) is 0.378. The van der Waals surface area contributed by atoms with Crippen LogP contribution in [0.1, 0.15) is 11.1 Å². The SMILES string of the molecule is Cc1ccc2nc(N3CCS(O)(O)c4ccccc4C3)cc(NC3CNC(C(=O)O)C3F)c2c1. The standard InChI is InChI=1S/C24H27FN4O4S/c1-14-6-7-17-16(10-14)18(27-19-12-26-23(22(19)25)24(30)31)11-21(28-17)29-8-9-34(32,33)20-5-3-2-4-15(20)13-29/h2-7,10-11,19,22-23,26,32-33H,8-9,12-13H2,1H3,(H,27,28)(H,30,31). The number of aryl methyl sites for hydroxylation is 1. The number of nitrogens with zero attached hydrogens (tertiary/aromatic N) is 2. The van der Waals surface area contributed by atoms with Crippen LogP contribution in [0.3, 0.4) is 0 Å². The van der Waals surface area contributed by atoms with Crippen LogP contribution >= 0.6 is 10.6 Å². The van der Waals surface area contributed by atoms with Crippen molar-refractivity contribution in [2.75, 3.05) is 29.1 Å². The van der Waals surface area contributed by atoms with E-state index in [2.05, 4.69) is 10.6 Å². The molecule has 34 heavy (non-hydrogen) atoms. The van der Waals surface area contributed by atoms with E-state index in [1.54, 1.807) is 12.1 Å². The molecule has 0 radical (unpaired) electrons. The zero-order valence-electron chi connectivity index (χ0n) is 18.6. The Morgan fingerprint density at radius 2 is 2.03 bits per heavy atom. The molecular weight excluding hydrogens is 459 g/mol. The van der Waals surface area contributed by atoms with Crippen molar-refractivity contribution >= 4 is 39.0 Å². The highest BCUT2D eigenvalue weighted by Gasteiger charge is 2.41. The number of nitrogens with one attached hydrogen (secondary N) is 2. The second-order valence-corrected chi connectivity index (χ2v) is 11.0. The summed E-state index contributed by atoms with van der Waals surface area (Å²) in [6, 6.07) is 13.0. The van der Waals surface area contributed by atoms with Crippen molar-refractivity contribution in [2.24, 2.45) is 0 Å². The maximum Gasteiger partial charge on any atom is 0.323 e. The molecule has 1 aromatic heterocycles. The van der Waals surface area contributed by atoms with E-state index in [4.69, 9.17) is 4.98 Å². The maximum absolute atomic E-state index is 14.8. The summed E-state index contributed by atoms with van der Waals surface area (Å²) in [7, 11) is -2.92. The van der Waals surface area contributed by atoms with Gasteiger partial charge in [-0.2, -0.15) is 10.6 Å². The van der Waals surface area contributed by atoms with Gasteiger partial charge in [0.1, 0.15) is 18.0 Å². The molecule has 5 rings (SSSR count). The van der Waals surface area contributed by atoms with Crippen LogP contribution in [0.2, 0.25) is 0 Å². The van der Waals surface area contributed by atoms with Crippen molar-refractivity contribution in [1.82, 2.24) is 10.3 Å². The number of alkyl halides is 1. The molecule has 3 atom stereocenters. The third-order valence-corrected chi connectivity index (χ3v) is 8.33. The monoisotopic (exact) mass is 486 g/mol. The summed E-state index contributed by atoms with van der Waals surface area (Å²) in [5.74, 6) is -0.406. The van der Waals surface area contributed by atoms with E-state index in [1.165, 1.54) is 0 Å². The third-order valence-electron chi connectivity index (χ3n) is 6.47. The predicted octanol–water partition coefficient (Wildman–Crippen LogP) is 3.85. The second kappa shape index (κ2) is 8.70. The molecule has 0 spiro atoms. The smallest absolute Gasteiger partial charge is 0.323 e. The van der Waals surface area contributed by atoms with Crippen LogP contribution in [0.25, 0.3) is 10.9 Å². The zero-order valence-corrected chi connectivity index (χ0v) is 19.4. The largest absolute Gasteiger partial charge is 0.480 e. The fraction of sp³-hybridized carbons (Fsp3) is 0.333. The third kappa shape index (κ3) is 4.18. The Hall–Kier alpha value is -2.92. The van der Waals surface area contributed by atoms with Crippen molar-refractivity contribution in [3.63, 3.8) is 0 Å². The lowest BCUT2D eigenvalue weighted by atomic mass is 10.1. The summed E-state index contributed by atoms with van der Waals surface area (Å²) >= 11 is 0. The molecule has 3 unspecified atom stereocenters. The van der Waals surface area contributed by atoms with Gasteiger partial charge in [-0.05, 0) is 30.7 Å². The number of aliphatic carboxylic acids is 1. The van der Waals surface area contributed by atoms with Gasteiger partial charge < -0.3 is 15.3 Å². The number of anilines is 2. The lowest BCUT2D eigenvalue weighted by molar-refractivity contribution is -0.140. The molecule has 0 amide bonds. The first-order valence-electron chi connectivity index (χ1n) is 11.1. The molecule has 2 aromatic carbocycles. The molecule has 2 aliphatic rings. The Balaban J connectivity index is 1.53. The summed E-state index contributed by atoms with van der Waals surface area (Å²) in [5.41, 5.74) is 3.22. The van der Waals surface area contributed by atoms with Gasteiger partial charge in [0.05, 0.1) is 22.2 Å². The highest BCUT2D eigenvalue weighted by Crippen LogP contribution is 2.51. The number of pyridine rings is 1. The Kier molecular flexibility index (Phi) is 5.85. The normalized spacial score (nSPS) is 24.9. The Labute approximate surface area is 198 Å². The van der Waals surface area contributed by atoms with Crippen LogP contribution < -0.4 is 15.5 Å². The summed E-state index contributed by atoms with van der Waals surface area (Å²) < 4.78 is 36.2. The van der Waals surface area contributed by atoms with E-state index in [0.717, 1.165) is 16.5 Å². The first-order valence-corrected chi connectivity index (χ1v) is 12.8. The van der Waals surface area contributed by atoms with Crippen LogP contribution in [0.4, 0.5) is 15.9 Å². The van der Waals surface area contributed by atoms with Crippen LogP contribution in [0.5, 0.6) is 0 Å². The highest BCUT2D eigenvalue weighted by atomic mass is 32.3. The fourth-order valence-electron chi connectivity index (χ4n) is 4.65. The van der Waals surface area contributed by atoms with Gasteiger partial charge in [0.2, 0.25) is 0 Å². The highest BCUT2D eigenvalue weighted by molar-refractivity contribution is 8.24. The van der Waals surface area contributed by atoms with Gasteiger partial charge in [0, 0.05) is 36.8 Å². The van der Waals surface area contributed by atoms with Crippen LogP contribution in [-0.4, -0.2) is 62.3 Å². The average Bonchev–Trinajstić information content (AvgIpc) is 3.10. The number of hydrogen-bond acceptors (Lipinski definition) is 7. The number of carboxylic acids is 1. The number of fused-ring (bicyclic) bond motifs is 2. The first-order chi connectivity index (χ1) is 16.2. The lowest BCUT2D eigenvalue weighted by Gasteiger charge is -2.32. The predicted molar refractivity (Wildman–Crippen MR) is 132 cm³/mol. The molecule has 5 N–H and O–H groups in total. The number of hydrogen-bond donors (Lipinski definition) is 5. The molecule has 2 aliphatic heterocycles. The van der Waals surface area contributed by atoms with E-state index in [0.29, 0.717) is 35.0 Å². The minimum absolute atomic E-state index is 0.180. The van der Waals surface area contributed by atoms with Crippen molar-refractivity contribution < 1.29 is 23.4 Å². The van der Waals surface area contributed by atoms with E-state index in [9.17, 15) is 23.4 Å². The van der Waals surface area contributed by atoms with Crippen molar-refractivity contribution in [2.45, 2.75) is 36.6 Å². The summed E-state index contributed by atoms with van der Waals surface area (Å²) in [6.45, 7) is 2.98. The van der Waals surface area contributed by atoms with Gasteiger partial charge >= 0.3 is 5.97 Å². The van der Waals surface area contributed by atoms with Gasteiger partial charge in [0.15, 0.2) is 0 Å². The maximum atomic E-state index is 14.8. The first kappa shape index (κ1) is 22.9. The molecule has 10 heteroatoms. The number of rotatable bonds is 4.